The van der Waals surface area contributed by atoms with E-state index in [1.807, 2.05) is 12.1 Å². The van der Waals surface area contributed by atoms with E-state index in [1.54, 1.807) is 26.0 Å². The molecule has 0 radical (unpaired) electrons. The molecule has 7 heteroatoms. The minimum absolute atomic E-state index is 0.162. The minimum Gasteiger partial charge on any atom is -0.290 e. The number of hydrogen-bond acceptors (Lipinski definition) is 4. The van der Waals surface area contributed by atoms with Gasteiger partial charge in [-0.1, -0.05) is 16.7 Å². The minimum atomic E-state index is -0.162. The van der Waals surface area contributed by atoms with E-state index in [0.29, 0.717) is 21.9 Å². The fourth-order valence-electron chi connectivity index (χ4n) is 1.69. The van der Waals surface area contributed by atoms with Crippen LogP contribution in [-0.2, 0) is 4.79 Å². The van der Waals surface area contributed by atoms with Gasteiger partial charge in [-0.25, -0.2) is 4.40 Å². The van der Waals surface area contributed by atoms with Crippen LogP contribution >= 0.6 is 23.5 Å². The number of nitrogens with zero attached hydrogens (tertiary/aromatic N) is 4. The Balaban J connectivity index is 2.36. The molecule has 5 nitrogen and oxygen atoms in total. The summed E-state index contributed by atoms with van der Waals surface area (Å²) in [5.41, 5.74) is 10.7. The zero-order valence-corrected chi connectivity index (χ0v) is 12.9. The van der Waals surface area contributed by atoms with Gasteiger partial charge in [0.2, 0.25) is 0 Å². The monoisotopic (exact) mass is 318 g/mol. The number of rotatable bonds is 3. The molecule has 0 saturated carbocycles. The van der Waals surface area contributed by atoms with Crippen LogP contribution in [-0.4, -0.2) is 11.5 Å². The van der Waals surface area contributed by atoms with Crippen LogP contribution in [0.5, 0.6) is 0 Å². The quantitative estimate of drug-likeness (QED) is 0.261. The Kier molecular flexibility index (Phi) is 4.85. The van der Waals surface area contributed by atoms with Crippen LogP contribution in [0.15, 0.2) is 61.6 Å². The summed E-state index contributed by atoms with van der Waals surface area (Å²) in [6, 6.07) is 7.22. The van der Waals surface area contributed by atoms with E-state index in [4.69, 9.17) is 17.1 Å². The van der Waals surface area contributed by atoms with Crippen molar-refractivity contribution in [1.82, 2.24) is 0 Å². The van der Waals surface area contributed by atoms with Gasteiger partial charge in [-0.05, 0) is 55.3 Å². The highest BCUT2D eigenvalue weighted by Crippen LogP contribution is 2.27. The van der Waals surface area contributed by atoms with E-state index in [-0.39, 0.29) is 11.5 Å². The van der Waals surface area contributed by atoms with Crippen molar-refractivity contribution >= 4 is 35.0 Å². The second kappa shape index (κ2) is 6.63. The lowest BCUT2D eigenvalue weighted by atomic mass is 9.95. The Morgan fingerprint density at radius 2 is 1.86 bits per heavy atom. The SMILES string of the molecule is CC1=C(C)C(=NSc2ccc(Cl)cc2)C(N=[N+]=[N-])=CC1=O. The average Bonchev–Trinajstić information content (AvgIpc) is 2.47. The van der Waals surface area contributed by atoms with Gasteiger partial charge in [0.25, 0.3) is 0 Å². The first-order valence-corrected chi connectivity index (χ1v) is 7.18. The fourth-order valence-corrected chi connectivity index (χ4v) is 2.50. The van der Waals surface area contributed by atoms with Crippen molar-refractivity contribution in [3.8, 4) is 0 Å². The summed E-state index contributed by atoms with van der Waals surface area (Å²) >= 11 is 7.06. The molecule has 0 spiro atoms. The van der Waals surface area contributed by atoms with E-state index >= 15 is 0 Å². The topological polar surface area (TPSA) is 78.2 Å². The predicted molar refractivity (Wildman–Crippen MR) is 85.4 cm³/mol. The smallest absolute Gasteiger partial charge is 0.182 e. The molecular weight excluding hydrogens is 308 g/mol. The normalized spacial score (nSPS) is 16.8. The third-order valence-corrected chi connectivity index (χ3v) is 4.01. The summed E-state index contributed by atoms with van der Waals surface area (Å²) < 4.78 is 4.40. The maximum atomic E-state index is 11.8. The Bertz CT molecular complexity index is 728. The average molecular weight is 319 g/mol. The lowest BCUT2D eigenvalue weighted by molar-refractivity contribution is -0.111. The number of hydrogen-bond donors (Lipinski definition) is 0. The van der Waals surface area contributed by atoms with Crippen molar-refractivity contribution in [2.24, 2.45) is 9.51 Å². The summed E-state index contributed by atoms with van der Waals surface area (Å²) in [4.78, 5) is 15.4. The van der Waals surface area contributed by atoms with Crippen LogP contribution in [0.2, 0.25) is 5.02 Å². The van der Waals surface area contributed by atoms with Gasteiger partial charge >= 0.3 is 0 Å². The Morgan fingerprint density at radius 1 is 1.19 bits per heavy atom. The highest BCUT2D eigenvalue weighted by Gasteiger charge is 2.20. The Morgan fingerprint density at radius 3 is 2.48 bits per heavy atom. The Labute approximate surface area is 131 Å². The summed E-state index contributed by atoms with van der Waals surface area (Å²) in [5, 5.41) is 4.20. The molecule has 0 aromatic heterocycles. The van der Waals surface area contributed by atoms with Gasteiger partial charge in [-0.15, -0.1) is 0 Å². The third kappa shape index (κ3) is 3.55. The van der Waals surface area contributed by atoms with Crippen molar-refractivity contribution in [1.29, 1.82) is 0 Å². The van der Waals surface area contributed by atoms with Gasteiger partial charge in [-0.2, -0.15) is 0 Å². The molecule has 0 amide bonds. The van der Waals surface area contributed by atoms with Gasteiger partial charge in [0.15, 0.2) is 5.78 Å². The zero-order valence-electron chi connectivity index (χ0n) is 11.4. The molecule has 2 rings (SSSR count). The number of halogens is 1. The summed E-state index contributed by atoms with van der Waals surface area (Å²) in [6.45, 7) is 3.51. The number of carbonyl (C=O) groups is 1. The van der Waals surface area contributed by atoms with Crippen LogP contribution in [0.4, 0.5) is 0 Å². The Hall–Kier alpha value is -2.01. The second-order valence-corrected chi connectivity index (χ2v) is 5.59. The third-order valence-electron chi connectivity index (χ3n) is 3.01. The molecule has 1 aromatic carbocycles. The molecule has 0 fully saturated rings. The first-order chi connectivity index (χ1) is 10.0. The van der Waals surface area contributed by atoms with Gasteiger partial charge in [-0.3, -0.25) is 4.79 Å². The van der Waals surface area contributed by atoms with E-state index in [0.717, 1.165) is 4.90 Å². The van der Waals surface area contributed by atoms with Gasteiger partial charge in [0.1, 0.15) is 0 Å². The molecule has 0 unspecified atom stereocenters. The second-order valence-electron chi connectivity index (χ2n) is 4.32. The first-order valence-electron chi connectivity index (χ1n) is 6.03. The number of ketones is 1. The molecule has 0 saturated heterocycles. The summed E-state index contributed by atoms with van der Waals surface area (Å²) in [6.07, 6.45) is 1.31. The maximum absolute atomic E-state index is 11.8. The molecule has 1 aromatic rings. The highest BCUT2D eigenvalue weighted by molar-refractivity contribution is 7.98. The van der Waals surface area contributed by atoms with Crippen LogP contribution in [0.25, 0.3) is 10.4 Å². The van der Waals surface area contributed by atoms with E-state index < -0.39 is 0 Å². The van der Waals surface area contributed by atoms with Crippen LogP contribution in [0.1, 0.15) is 13.8 Å². The molecule has 106 valence electrons. The lowest BCUT2D eigenvalue weighted by Gasteiger charge is -2.14. The van der Waals surface area contributed by atoms with E-state index in [9.17, 15) is 4.79 Å². The zero-order chi connectivity index (χ0) is 15.4. The molecule has 0 N–H and O–H groups in total. The van der Waals surface area contributed by atoms with Gasteiger partial charge in [0.05, 0.1) is 11.4 Å². The standard InChI is InChI=1S/C14H11ClN4OS/c1-8-9(2)14(12(17-19-16)7-13(8)20)18-21-11-5-3-10(15)4-6-11/h3-7H,1-2H3. The molecule has 0 aliphatic heterocycles. The van der Waals surface area contributed by atoms with Crippen molar-refractivity contribution in [2.45, 2.75) is 18.7 Å². The first kappa shape index (κ1) is 15.4. The van der Waals surface area contributed by atoms with Crippen molar-refractivity contribution in [2.75, 3.05) is 0 Å². The molecule has 0 heterocycles. The van der Waals surface area contributed by atoms with Crippen molar-refractivity contribution in [3.05, 3.63) is 62.7 Å². The molecule has 1 aliphatic carbocycles. The number of carbonyl (C=O) groups excluding carboxylic acids is 1. The molecule has 1 aliphatic rings. The molecule has 0 atom stereocenters. The van der Waals surface area contributed by atoms with Crippen LogP contribution in [0, 0.1) is 0 Å². The molecule has 21 heavy (non-hydrogen) atoms. The van der Waals surface area contributed by atoms with E-state index in [2.05, 4.69) is 14.4 Å². The fraction of sp³-hybridized carbons (Fsp3) is 0.143. The van der Waals surface area contributed by atoms with Crippen LogP contribution in [0.3, 0.4) is 0 Å². The summed E-state index contributed by atoms with van der Waals surface area (Å²) in [7, 11) is 0. The number of benzene rings is 1. The maximum Gasteiger partial charge on any atom is 0.182 e. The van der Waals surface area contributed by atoms with Crippen LogP contribution < -0.4 is 0 Å². The van der Waals surface area contributed by atoms with Gasteiger partial charge in [0, 0.05) is 32.4 Å². The number of azide groups is 1. The number of allylic oxidation sites excluding steroid dienone is 3. The molecule has 0 bridgehead atoms. The van der Waals surface area contributed by atoms with Gasteiger partial charge < -0.3 is 0 Å². The van der Waals surface area contributed by atoms with Crippen molar-refractivity contribution in [3.63, 3.8) is 0 Å². The largest absolute Gasteiger partial charge is 0.290 e. The molecular formula is C14H11ClN4OS. The predicted octanol–water partition coefficient (Wildman–Crippen LogP) is 4.90. The van der Waals surface area contributed by atoms with E-state index in [1.165, 1.54) is 18.0 Å². The lowest BCUT2D eigenvalue weighted by Crippen LogP contribution is -2.15. The van der Waals surface area contributed by atoms with Crippen molar-refractivity contribution < 1.29 is 4.79 Å². The highest BCUT2D eigenvalue weighted by atomic mass is 35.5. The summed E-state index contributed by atoms with van der Waals surface area (Å²) in [5.74, 6) is -0.162.